The van der Waals surface area contributed by atoms with Crippen LogP contribution in [0.15, 0.2) is 36.4 Å². The van der Waals surface area contributed by atoms with Crippen LogP contribution in [0.5, 0.6) is 23.0 Å². The number of likely N-dealkylation sites (N-methyl/N-ethyl adjacent to an activating group) is 1. The van der Waals surface area contributed by atoms with E-state index in [1.807, 2.05) is 50.5 Å². The summed E-state index contributed by atoms with van der Waals surface area (Å²) in [7, 11) is 8.82. The van der Waals surface area contributed by atoms with E-state index in [-0.39, 0.29) is 12.1 Å². The van der Waals surface area contributed by atoms with Gasteiger partial charge >= 0.3 is 6.09 Å². The Balaban J connectivity index is 1.70. The molecule has 1 aliphatic rings. The Hall–Kier alpha value is -3.13. The van der Waals surface area contributed by atoms with E-state index >= 15 is 0 Å². The van der Waals surface area contributed by atoms with Crippen molar-refractivity contribution < 1.29 is 28.5 Å². The molecule has 0 aromatic heterocycles. The summed E-state index contributed by atoms with van der Waals surface area (Å²) in [6, 6.07) is 11.4. The van der Waals surface area contributed by atoms with E-state index in [0.717, 1.165) is 17.7 Å². The number of nitrogens with zero attached hydrogens (tertiary/aromatic N) is 2. The monoisotopic (exact) mass is 444 g/mol. The zero-order chi connectivity index (χ0) is 23.1. The number of ether oxygens (including phenoxy) is 5. The Labute approximate surface area is 189 Å². The van der Waals surface area contributed by atoms with Crippen molar-refractivity contribution in [2.45, 2.75) is 19.0 Å². The maximum Gasteiger partial charge on any atom is 0.410 e. The van der Waals surface area contributed by atoms with Gasteiger partial charge in [0.2, 0.25) is 0 Å². The van der Waals surface area contributed by atoms with E-state index in [4.69, 9.17) is 23.7 Å². The van der Waals surface area contributed by atoms with Crippen molar-refractivity contribution >= 4 is 6.09 Å². The highest BCUT2D eigenvalue weighted by molar-refractivity contribution is 5.70. The highest BCUT2D eigenvalue weighted by Crippen LogP contribution is 2.31. The van der Waals surface area contributed by atoms with Gasteiger partial charge in [-0.05, 0) is 55.9 Å². The van der Waals surface area contributed by atoms with Gasteiger partial charge in [-0.25, -0.2) is 4.79 Å². The normalized spacial score (nSPS) is 15.6. The fourth-order valence-corrected chi connectivity index (χ4v) is 3.60. The minimum absolute atomic E-state index is 0.0826. The molecule has 0 saturated carbocycles. The SMILES string of the molecule is COc1ccc(CN2C(=O)OCC2Cc2ccc(OCCN(C)C)c(OC)c2)cc1OC. The second-order valence-electron chi connectivity index (χ2n) is 7.89. The molecule has 1 fully saturated rings. The molecule has 0 aliphatic carbocycles. The number of hydrogen-bond donors (Lipinski definition) is 0. The minimum Gasteiger partial charge on any atom is -0.493 e. The molecule has 0 bridgehead atoms. The summed E-state index contributed by atoms with van der Waals surface area (Å²) < 4.78 is 27.4. The van der Waals surface area contributed by atoms with E-state index in [0.29, 0.717) is 49.2 Å². The molecule has 0 N–H and O–H groups in total. The molecular weight excluding hydrogens is 412 g/mol. The van der Waals surface area contributed by atoms with Crippen molar-refractivity contribution in [2.24, 2.45) is 0 Å². The standard InChI is InChI=1S/C24H32N2O6/c1-25(2)10-11-31-21-9-6-17(13-23(21)30-5)12-19-16-32-24(27)26(19)15-18-7-8-20(28-3)22(14-18)29-4/h6-9,13-14,19H,10-12,15-16H2,1-5H3. The Kier molecular flexibility index (Phi) is 8.05. The van der Waals surface area contributed by atoms with Crippen molar-refractivity contribution in [3.8, 4) is 23.0 Å². The molecule has 1 heterocycles. The van der Waals surface area contributed by atoms with Crippen LogP contribution in [-0.4, -0.2) is 77.1 Å². The summed E-state index contributed by atoms with van der Waals surface area (Å²) in [6.07, 6.45) is 0.327. The molecule has 2 aromatic carbocycles. The van der Waals surface area contributed by atoms with Gasteiger partial charge in [0.15, 0.2) is 23.0 Å². The fourth-order valence-electron chi connectivity index (χ4n) is 3.60. The Morgan fingerprint density at radius 2 is 1.56 bits per heavy atom. The number of methoxy groups -OCH3 is 3. The van der Waals surface area contributed by atoms with Crippen LogP contribution in [0.2, 0.25) is 0 Å². The lowest BCUT2D eigenvalue weighted by molar-refractivity contribution is 0.156. The third-order valence-electron chi connectivity index (χ3n) is 5.37. The van der Waals surface area contributed by atoms with Gasteiger partial charge in [0.05, 0.1) is 27.4 Å². The van der Waals surface area contributed by atoms with E-state index in [9.17, 15) is 4.79 Å². The lowest BCUT2D eigenvalue weighted by Crippen LogP contribution is -2.34. The second-order valence-corrected chi connectivity index (χ2v) is 7.89. The molecule has 1 aliphatic heterocycles. The molecule has 174 valence electrons. The number of amides is 1. The van der Waals surface area contributed by atoms with Gasteiger partial charge in [-0.2, -0.15) is 0 Å². The molecule has 1 atom stereocenters. The van der Waals surface area contributed by atoms with Crippen LogP contribution >= 0.6 is 0 Å². The smallest absolute Gasteiger partial charge is 0.410 e. The van der Waals surface area contributed by atoms with Gasteiger partial charge in [0.25, 0.3) is 0 Å². The molecule has 3 rings (SSSR count). The van der Waals surface area contributed by atoms with Crippen molar-refractivity contribution in [1.29, 1.82) is 0 Å². The zero-order valence-electron chi connectivity index (χ0n) is 19.4. The summed E-state index contributed by atoms with van der Waals surface area (Å²) >= 11 is 0. The Morgan fingerprint density at radius 1 is 0.938 bits per heavy atom. The lowest BCUT2D eigenvalue weighted by atomic mass is 10.0. The summed E-state index contributed by atoms with van der Waals surface area (Å²) in [5, 5.41) is 0. The first-order valence-electron chi connectivity index (χ1n) is 10.5. The molecular formula is C24H32N2O6. The van der Waals surface area contributed by atoms with Crippen molar-refractivity contribution in [3.05, 3.63) is 47.5 Å². The van der Waals surface area contributed by atoms with Gasteiger partial charge in [-0.3, -0.25) is 4.90 Å². The molecule has 1 unspecified atom stereocenters. The number of carbonyl (C=O) groups is 1. The van der Waals surface area contributed by atoms with Gasteiger partial charge in [0, 0.05) is 13.1 Å². The van der Waals surface area contributed by atoms with Gasteiger partial charge in [0.1, 0.15) is 13.2 Å². The van der Waals surface area contributed by atoms with Crippen LogP contribution in [-0.2, 0) is 17.7 Å². The summed E-state index contributed by atoms with van der Waals surface area (Å²) in [5.41, 5.74) is 1.98. The average Bonchev–Trinajstić information content (AvgIpc) is 3.13. The van der Waals surface area contributed by atoms with Gasteiger partial charge < -0.3 is 28.6 Å². The van der Waals surface area contributed by atoms with E-state index in [2.05, 4.69) is 4.90 Å². The first kappa shape index (κ1) is 23.5. The summed E-state index contributed by atoms with van der Waals surface area (Å²) in [4.78, 5) is 16.2. The maximum absolute atomic E-state index is 12.4. The van der Waals surface area contributed by atoms with E-state index in [1.165, 1.54) is 0 Å². The van der Waals surface area contributed by atoms with Gasteiger partial charge in [-0.15, -0.1) is 0 Å². The van der Waals surface area contributed by atoms with Crippen LogP contribution in [0.3, 0.4) is 0 Å². The maximum atomic E-state index is 12.4. The van der Waals surface area contributed by atoms with E-state index in [1.54, 1.807) is 26.2 Å². The zero-order valence-corrected chi connectivity index (χ0v) is 19.4. The van der Waals surface area contributed by atoms with Gasteiger partial charge in [-0.1, -0.05) is 12.1 Å². The van der Waals surface area contributed by atoms with Crippen LogP contribution in [0.1, 0.15) is 11.1 Å². The fraction of sp³-hybridized carbons (Fsp3) is 0.458. The lowest BCUT2D eigenvalue weighted by Gasteiger charge is -2.22. The van der Waals surface area contributed by atoms with Crippen LogP contribution in [0, 0.1) is 0 Å². The van der Waals surface area contributed by atoms with Crippen molar-refractivity contribution in [2.75, 3.05) is 55.2 Å². The molecule has 8 heteroatoms. The Bertz CT molecular complexity index is 917. The summed E-state index contributed by atoms with van der Waals surface area (Å²) in [6.45, 7) is 2.16. The second kappa shape index (κ2) is 10.9. The third kappa shape index (κ3) is 5.76. The molecule has 0 radical (unpaired) electrons. The molecule has 2 aromatic rings. The Morgan fingerprint density at radius 3 is 2.25 bits per heavy atom. The average molecular weight is 445 g/mol. The molecule has 1 saturated heterocycles. The number of rotatable bonds is 11. The third-order valence-corrected chi connectivity index (χ3v) is 5.37. The predicted octanol–water partition coefficient (Wildman–Crippen LogP) is 3.22. The first-order valence-corrected chi connectivity index (χ1v) is 10.5. The largest absolute Gasteiger partial charge is 0.493 e. The van der Waals surface area contributed by atoms with E-state index < -0.39 is 0 Å². The number of cyclic esters (lactones) is 1. The molecule has 0 spiro atoms. The quantitative estimate of drug-likeness (QED) is 0.527. The molecule has 1 amide bonds. The van der Waals surface area contributed by atoms with Crippen LogP contribution in [0.25, 0.3) is 0 Å². The van der Waals surface area contributed by atoms with Crippen molar-refractivity contribution in [1.82, 2.24) is 9.80 Å². The number of carbonyl (C=O) groups excluding carboxylic acids is 1. The summed E-state index contributed by atoms with van der Waals surface area (Å²) in [5.74, 6) is 2.66. The number of hydrogen-bond acceptors (Lipinski definition) is 7. The molecule has 32 heavy (non-hydrogen) atoms. The topological polar surface area (TPSA) is 69.7 Å². The number of benzene rings is 2. The van der Waals surface area contributed by atoms with Crippen LogP contribution < -0.4 is 18.9 Å². The van der Waals surface area contributed by atoms with Crippen LogP contribution in [0.4, 0.5) is 4.79 Å². The highest BCUT2D eigenvalue weighted by Gasteiger charge is 2.33. The van der Waals surface area contributed by atoms with Crippen molar-refractivity contribution in [3.63, 3.8) is 0 Å². The molecule has 8 nitrogen and oxygen atoms in total. The highest BCUT2D eigenvalue weighted by atomic mass is 16.6. The predicted molar refractivity (Wildman–Crippen MR) is 121 cm³/mol. The minimum atomic E-state index is -0.319. The first-order chi connectivity index (χ1) is 15.4.